The minimum Gasteiger partial charge on any atom is -0.0996 e. The van der Waals surface area contributed by atoms with Crippen LogP contribution in [0, 0.1) is 5.92 Å². The van der Waals surface area contributed by atoms with E-state index in [1.807, 2.05) is 0 Å². The fourth-order valence-corrected chi connectivity index (χ4v) is 0.637. The first-order valence-corrected chi connectivity index (χ1v) is 2.48. The van der Waals surface area contributed by atoms with E-state index in [1.165, 1.54) is 18.4 Å². The van der Waals surface area contributed by atoms with E-state index in [0.29, 0.717) is 0 Å². The van der Waals surface area contributed by atoms with Crippen LogP contribution in [0.3, 0.4) is 0 Å². The standard InChI is InChI=1S/C6H10/c1-5-3-4-6(5)2/h6H,1,3-4H2,2H3/t6-/m1/s1. The topological polar surface area (TPSA) is 0 Å². The van der Waals surface area contributed by atoms with Crippen molar-refractivity contribution in [3.8, 4) is 0 Å². The van der Waals surface area contributed by atoms with Crippen molar-refractivity contribution in [3.05, 3.63) is 12.2 Å². The molecule has 6 heavy (non-hydrogen) atoms. The maximum absolute atomic E-state index is 3.84. The first-order chi connectivity index (χ1) is 2.80. The van der Waals surface area contributed by atoms with E-state index >= 15 is 0 Å². The summed E-state index contributed by atoms with van der Waals surface area (Å²) < 4.78 is 0. The van der Waals surface area contributed by atoms with Crippen molar-refractivity contribution >= 4 is 0 Å². The van der Waals surface area contributed by atoms with Gasteiger partial charge in [-0.3, -0.25) is 0 Å². The van der Waals surface area contributed by atoms with Gasteiger partial charge in [0.1, 0.15) is 0 Å². The molecule has 0 aliphatic heterocycles. The molecule has 0 nitrogen and oxygen atoms in total. The summed E-state index contributed by atoms with van der Waals surface area (Å²) in [5.41, 5.74) is 1.44. The molecular formula is C6H10. The average molecular weight is 82.1 g/mol. The van der Waals surface area contributed by atoms with Crippen LogP contribution in [0.5, 0.6) is 0 Å². The van der Waals surface area contributed by atoms with Crippen LogP contribution >= 0.6 is 0 Å². The molecule has 0 bridgehead atoms. The Morgan fingerprint density at radius 3 is 2.33 bits per heavy atom. The molecule has 1 fully saturated rings. The third-order valence-electron chi connectivity index (χ3n) is 1.60. The SMILES string of the molecule is C=C1CC[C@H]1C. The van der Waals surface area contributed by atoms with Crippen LogP contribution in [0.25, 0.3) is 0 Å². The Morgan fingerprint density at radius 2 is 2.33 bits per heavy atom. The molecule has 0 aromatic rings. The molecule has 0 heterocycles. The third kappa shape index (κ3) is 0.368. The van der Waals surface area contributed by atoms with Gasteiger partial charge in [0.05, 0.1) is 0 Å². The molecule has 0 amide bonds. The van der Waals surface area contributed by atoms with Crippen LogP contribution in [0.4, 0.5) is 0 Å². The van der Waals surface area contributed by atoms with Gasteiger partial charge in [-0.25, -0.2) is 0 Å². The molecule has 0 aromatic carbocycles. The molecule has 0 saturated heterocycles. The summed E-state index contributed by atoms with van der Waals surface area (Å²) >= 11 is 0. The highest BCUT2D eigenvalue weighted by molar-refractivity contribution is 5.07. The molecule has 34 valence electrons. The lowest BCUT2D eigenvalue weighted by Gasteiger charge is -2.23. The second-order valence-electron chi connectivity index (χ2n) is 2.10. The normalized spacial score (nSPS) is 32.8. The minimum absolute atomic E-state index is 0.838. The Labute approximate surface area is 38.9 Å². The van der Waals surface area contributed by atoms with Gasteiger partial charge in [0.2, 0.25) is 0 Å². The lowest BCUT2D eigenvalue weighted by molar-refractivity contribution is 0.486. The fourth-order valence-electron chi connectivity index (χ4n) is 0.637. The van der Waals surface area contributed by atoms with E-state index in [-0.39, 0.29) is 0 Å². The second kappa shape index (κ2) is 1.11. The molecule has 1 aliphatic rings. The molecule has 1 aliphatic carbocycles. The molecule has 1 saturated carbocycles. The summed E-state index contributed by atoms with van der Waals surface area (Å²) in [7, 11) is 0. The van der Waals surface area contributed by atoms with E-state index < -0.39 is 0 Å². The third-order valence-corrected chi connectivity index (χ3v) is 1.60. The van der Waals surface area contributed by atoms with Gasteiger partial charge >= 0.3 is 0 Å². The maximum Gasteiger partial charge on any atom is -0.0231 e. The number of hydrogen-bond acceptors (Lipinski definition) is 0. The summed E-state index contributed by atoms with van der Waals surface area (Å²) in [5, 5.41) is 0. The Kier molecular flexibility index (Phi) is 0.722. The highest BCUT2D eigenvalue weighted by Crippen LogP contribution is 2.30. The lowest BCUT2D eigenvalue weighted by Crippen LogP contribution is -2.08. The van der Waals surface area contributed by atoms with Gasteiger partial charge in [-0.05, 0) is 18.8 Å². The summed E-state index contributed by atoms with van der Waals surface area (Å²) in [6, 6.07) is 0. The molecule has 1 rings (SSSR count). The molecule has 0 spiro atoms. The van der Waals surface area contributed by atoms with Gasteiger partial charge in [-0.1, -0.05) is 19.1 Å². The van der Waals surface area contributed by atoms with Crippen molar-refractivity contribution in [2.45, 2.75) is 19.8 Å². The Morgan fingerprint density at radius 1 is 1.83 bits per heavy atom. The molecule has 0 aromatic heterocycles. The molecule has 0 N–H and O–H groups in total. The second-order valence-corrected chi connectivity index (χ2v) is 2.10. The van der Waals surface area contributed by atoms with E-state index in [4.69, 9.17) is 0 Å². The van der Waals surface area contributed by atoms with Crippen molar-refractivity contribution < 1.29 is 0 Å². The predicted molar refractivity (Wildman–Crippen MR) is 27.5 cm³/mol. The number of rotatable bonds is 0. The molecule has 0 radical (unpaired) electrons. The smallest absolute Gasteiger partial charge is 0.0231 e. The van der Waals surface area contributed by atoms with Crippen molar-refractivity contribution in [3.63, 3.8) is 0 Å². The van der Waals surface area contributed by atoms with Gasteiger partial charge in [0, 0.05) is 0 Å². The number of hydrogen-bond donors (Lipinski definition) is 0. The van der Waals surface area contributed by atoms with E-state index in [9.17, 15) is 0 Å². The first-order valence-electron chi connectivity index (χ1n) is 2.48. The van der Waals surface area contributed by atoms with Crippen LogP contribution in [0.15, 0.2) is 12.2 Å². The van der Waals surface area contributed by atoms with Crippen molar-refractivity contribution in [2.24, 2.45) is 5.92 Å². The van der Waals surface area contributed by atoms with Gasteiger partial charge in [-0.15, -0.1) is 0 Å². The largest absolute Gasteiger partial charge is 0.0996 e. The van der Waals surface area contributed by atoms with Crippen molar-refractivity contribution in [1.82, 2.24) is 0 Å². The monoisotopic (exact) mass is 82.1 g/mol. The predicted octanol–water partition coefficient (Wildman–Crippen LogP) is 1.97. The highest BCUT2D eigenvalue weighted by atomic mass is 14.2. The molecular weight excluding hydrogens is 72.1 g/mol. The van der Waals surface area contributed by atoms with Crippen LogP contribution in [-0.4, -0.2) is 0 Å². The lowest BCUT2D eigenvalue weighted by atomic mass is 9.82. The first kappa shape index (κ1) is 3.91. The van der Waals surface area contributed by atoms with E-state index in [0.717, 1.165) is 5.92 Å². The zero-order valence-corrected chi connectivity index (χ0v) is 4.20. The van der Waals surface area contributed by atoms with Gasteiger partial charge in [0.25, 0.3) is 0 Å². The molecule has 1 atom stereocenters. The zero-order chi connectivity index (χ0) is 4.57. The van der Waals surface area contributed by atoms with Crippen LogP contribution in [0.2, 0.25) is 0 Å². The Balaban J connectivity index is 2.39. The van der Waals surface area contributed by atoms with Gasteiger partial charge < -0.3 is 0 Å². The van der Waals surface area contributed by atoms with E-state index in [1.54, 1.807) is 0 Å². The zero-order valence-electron chi connectivity index (χ0n) is 4.20. The summed E-state index contributed by atoms with van der Waals surface area (Å²) in [6.45, 7) is 6.07. The molecule has 0 unspecified atom stereocenters. The fraction of sp³-hybridized carbons (Fsp3) is 0.667. The summed E-state index contributed by atoms with van der Waals surface area (Å²) in [5.74, 6) is 0.838. The Bertz CT molecular complexity index is 72.1. The maximum atomic E-state index is 3.84. The Hall–Kier alpha value is -0.260. The molecule has 0 heteroatoms. The van der Waals surface area contributed by atoms with Crippen LogP contribution in [0.1, 0.15) is 19.8 Å². The quantitative estimate of drug-likeness (QED) is 0.392. The van der Waals surface area contributed by atoms with Gasteiger partial charge in [-0.2, -0.15) is 0 Å². The summed E-state index contributed by atoms with van der Waals surface area (Å²) in [4.78, 5) is 0. The average Bonchev–Trinajstić information content (AvgIpc) is 1.61. The van der Waals surface area contributed by atoms with Crippen LogP contribution in [-0.2, 0) is 0 Å². The minimum atomic E-state index is 0.838. The number of allylic oxidation sites excluding steroid dienone is 1. The van der Waals surface area contributed by atoms with Gasteiger partial charge in [0.15, 0.2) is 0 Å². The van der Waals surface area contributed by atoms with Crippen molar-refractivity contribution in [2.75, 3.05) is 0 Å². The van der Waals surface area contributed by atoms with Crippen molar-refractivity contribution in [1.29, 1.82) is 0 Å². The highest BCUT2D eigenvalue weighted by Gasteiger charge is 2.15. The summed E-state index contributed by atoms with van der Waals surface area (Å²) in [6.07, 6.45) is 2.65. The van der Waals surface area contributed by atoms with E-state index in [2.05, 4.69) is 13.5 Å². The van der Waals surface area contributed by atoms with Crippen LogP contribution < -0.4 is 0 Å².